The Morgan fingerprint density at radius 3 is 1.57 bits per heavy atom. The summed E-state index contributed by atoms with van der Waals surface area (Å²) in [7, 11) is 0. The SMILES string of the molecule is C#CC12CC3C4CC5(C#CC(C)=O)CC3C(C1)C(C5)C4C2. The van der Waals surface area contributed by atoms with E-state index in [1.54, 1.807) is 6.92 Å². The van der Waals surface area contributed by atoms with Crippen LogP contribution in [0.3, 0.4) is 0 Å². The highest BCUT2D eigenvalue weighted by molar-refractivity contribution is 5.93. The van der Waals surface area contributed by atoms with Crippen LogP contribution in [0.25, 0.3) is 0 Å². The smallest absolute Gasteiger partial charge is 0.202 e. The number of carbonyl (C=O) groups is 1. The van der Waals surface area contributed by atoms with Gasteiger partial charge in [0.15, 0.2) is 0 Å². The van der Waals surface area contributed by atoms with Crippen molar-refractivity contribution in [2.24, 2.45) is 46.3 Å². The third kappa shape index (κ3) is 1.39. The minimum atomic E-state index is 0.0286. The Bertz CT molecular complexity index is 574. The number of rotatable bonds is 0. The molecule has 0 unspecified atom stereocenters. The molecule has 0 aromatic heterocycles. The highest BCUT2D eigenvalue weighted by Gasteiger charge is 2.69. The van der Waals surface area contributed by atoms with Gasteiger partial charge in [-0.2, -0.15) is 0 Å². The number of carbonyl (C=O) groups excluding carboxylic acids is 1. The molecular formula is C20H22O. The normalized spacial score (nSPS) is 57.7. The van der Waals surface area contributed by atoms with E-state index in [-0.39, 0.29) is 16.6 Å². The van der Waals surface area contributed by atoms with E-state index in [1.165, 1.54) is 38.5 Å². The lowest BCUT2D eigenvalue weighted by atomic mass is 9.31. The van der Waals surface area contributed by atoms with Gasteiger partial charge in [0.1, 0.15) is 0 Å². The van der Waals surface area contributed by atoms with E-state index < -0.39 is 0 Å². The zero-order chi connectivity index (χ0) is 14.4. The van der Waals surface area contributed by atoms with Gasteiger partial charge in [-0.25, -0.2) is 0 Å². The Morgan fingerprint density at radius 2 is 1.24 bits per heavy atom. The monoisotopic (exact) mass is 278 g/mol. The molecule has 0 N–H and O–H groups in total. The van der Waals surface area contributed by atoms with Crippen LogP contribution >= 0.6 is 0 Å². The van der Waals surface area contributed by atoms with Crippen LogP contribution in [0.5, 0.6) is 0 Å². The van der Waals surface area contributed by atoms with Gasteiger partial charge in [-0.3, -0.25) is 4.79 Å². The summed E-state index contributed by atoms with van der Waals surface area (Å²) < 4.78 is 0. The second-order valence-electron chi connectivity index (χ2n) is 8.72. The topological polar surface area (TPSA) is 17.1 Å². The summed E-state index contributed by atoms with van der Waals surface area (Å²) >= 11 is 0. The van der Waals surface area contributed by atoms with Crippen molar-refractivity contribution in [3.8, 4) is 24.2 Å². The van der Waals surface area contributed by atoms with E-state index >= 15 is 0 Å². The Morgan fingerprint density at radius 1 is 0.857 bits per heavy atom. The van der Waals surface area contributed by atoms with E-state index in [2.05, 4.69) is 17.8 Å². The fraction of sp³-hybridized carbons (Fsp3) is 0.750. The maximum atomic E-state index is 11.3. The van der Waals surface area contributed by atoms with Crippen molar-refractivity contribution in [2.45, 2.75) is 45.4 Å². The van der Waals surface area contributed by atoms with Crippen LogP contribution in [0.4, 0.5) is 0 Å². The highest BCUT2D eigenvalue weighted by Crippen LogP contribution is 2.76. The summed E-state index contributed by atoms with van der Waals surface area (Å²) in [6.45, 7) is 1.59. The lowest BCUT2D eigenvalue weighted by molar-refractivity contribution is -0.233. The van der Waals surface area contributed by atoms with Crippen molar-refractivity contribution in [2.75, 3.05) is 0 Å². The van der Waals surface area contributed by atoms with E-state index in [1.807, 2.05) is 0 Å². The van der Waals surface area contributed by atoms with Gasteiger partial charge in [-0.1, -0.05) is 11.8 Å². The van der Waals surface area contributed by atoms with Gasteiger partial charge < -0.3 is 0 Å². The molecule has 108 valence electrons. The molecule has 8 bridgehead atoms. The number of ketones is 1. The number of Topliss-reactive ketones (excluding diaryl/α,β-unsaturated/α-hetero) is 1. The molecule has 0 amide bonds. The van der Waals surface area contributed by atoms with Crippen LogP contribution in [0.2, 0.25) is 0 Å². The van der Waals surface area contributed by atoms with Gasteiger partial charge in [-0.05, 0) is 80.0 Å². The summed E-state index contributed by atoms with van der Waals surface area (Å²) in [6.07, 6.45) is 13.6. The molecule has 0 aromatic carbocycles. The summed E-state index contributed by atoms with van der Waals surface area (Å²) in [4.78, 5) is 11.3. The quantitative estimate of drug-likeness (QED) is 0.491. The zero-order valence-electron chi connectivity index (χ0n) is 12.7. The molecule has 1 nitrogen and oxygen atoms in total. The molecule has 0 aromatic rings. The second kappa shape index (κ2) is 3.57. The Kier molecular flexibility index (Phi) is 2.10. The van der Waals surface area contributed by atoms with E-state index in [0.29, 0.717) is 0 Å². The minimum absolute atomic E-state index is 0.0286. The van der Waals surface area contributed by atoms with E-state index in [9.17, 15) is 4.79 Å². The molecule has 0 spiro atoms. The summed E-state index contributed by atoms with van der Waals surface area (Å²) in [5, 5.41) is 0. The van der Waals surface area contributed by atoms with E-state index in [4.69, 9.17) is 6.42 Å². The van der Waals surface area contributed by atoms with Gasteiger partial charge in [0.2, 0.25) is 5.78 Å². The van der Waals surface area contributed by atoms with Gasteiger partial charge in [0, 0.05) is 17.8 Å². The molecule has 7 aliphatic carbocycles. The van der Waals surface area contributed by atoms with Crippen molar-refractivity contribution < 1.29 is 4.79 Å². The van der Waals surface area contributed by atoms with E-state index in [0.717, 1.165) is 35.5 Å². The third-order valence-corrected chi connectivity index (χ3v) is 7.87. The molecule has 7 aliphatic rings. The van der Waals surface area contributed by atoms with Crippen LogP contribution < -0.4 is 0 Å². The molecule has 0 atom stereocenters. The van der Waals surface area contributed by atoms with Crippen LogP contribution in [0.1, 0.15) is 45.4 Å². The number of terminal acetylenes is 1. The number of hydrogen-bond donors (Lipinski definition) is 0. The molecule has 0 heterocycles. The predicted molar refractivity (Wildman–Crippen MR) is 80.8 cm³/mol. The molecule has 0 aliphatic heterocycles. The molecule has 7 rings (SSSR count). The van der Waals surface area contributed by atoms with Crippen molar-refractivity contribution >= 4 is 5.78 Å². The summed E-state index contributed by atoms with van der Waals surface area (Å²) in [5.74, 6) is 14.8. The third-order valence-electron chi connectivity index (χ3n) is 7.87. The van der Waals surface area contributed by atoms with Gasteiger partial charge >= 0.3 is 0 Å². The highest BCUT2D eigenvalue weighted by atomic mass is 16.1. The predicted octanol–water partition coefficient (Wildman–Crippen LogP) is 3.29. The van der Waals surface area contributed by atoms with Gasteiger partial charge in [-0.15, -0.1) is 6.42 Å². The molecule has 7 fully saturated rings. The first-order valence-corrected chi connectivity index (χ1v) is 8.56. The summed E-state index contributed by atoms with van der Waals surface area (Å²) in [6, 6.07) is 0. The summed E-state index contributed by atoms with van der Waals surface area (Å²) in [5.41, 5.74) is 0.439. The first-order chi connectivity index (χ1) is 10.0. The first-order valence-electron chi connectivity index (χ1n) is 8.56. The first kappa shape index (κ1) is 12.3. The van der Waals surface area contributed by atoms with Crippen molar-refractivity contribution in [1.82, 2.24) is 0 Å². The largest absolute Gasteiger partial charge is 0.285 e. The Balaban J connectivity index is 1.56. The van der Waals surface area contributed by atoms with Crippen LogP contribution in [0, 0.1) is 70.5 Å². The van der Waals surface area contributed by atoms with Crippen LogP contribution in [-0.2, 0) is 4.79 Å². The zero-order valence-corrected chi connectivity index (χ0v) is 12.7. The molecule has 7 saturated carbocycles. The minimum Gasteiger partial charge on any atom is -0.285 e. The average molecular weight is 278 g/mol. The molecule has 21 heavy (non-hydrogen) atoms. The van der Waals surface area contributed by atoms with Gasteiger partial charge in [0.25, 0.3) is 0 Å². The Hall–Kier alpha value is -1.21. The average Bonchev–Trinajstić information content (AvgIpc) is 2.50. The fourth-order valence-corrected chi connectivity index (χ4v) is 7.48. The fourth-order valence-electron chi connectivity index (χ4n) is 7.48. The van der Waals surface area contributed by atoms with Crippen molar-refractivity contribution in [3.05, 3.63) is 0 Å². The van der Waals surface area contributed by atoms with Crippen molar-refractivity contribution in [1.29, 1.82) is 0 Å². The molecular weight excluding hydrogens is 256 g/mol. The van der Waals surface area contributed by atoms with Crippen LogP contribution in [-0.4, -0.2) is 5.78 Å². The maximum Gasteiger partial charge on any atom is 0.202 e. The maximum absolute atomic E-state index is 11.3. The lowest BCUT2D eigenvalue weighted by Crippen LogP contribution is -2.67. The van der Waals surface area contributed by atoms with Gasteiger partial charge in [0.05, 0.1) is 0 Å². The molecule has 0 saturated heterocycles. The molecule has 1 heteroatoms. The number of hydrogen-bond acceptors (Lipinski definition) is 1. The second-order valence-corrected chi connectivity index (χ2v) is 8.72. The molecule has 0 radical (unpaired) electrons. The Labute approximate surface area is 127 Å². The standard InChI is InChI=1S/C20H22O/c1-3-19-6-13-16-9-20(5-4-12(2)21)10-17(13)15(8-19)18(11-20)14(16)7-19/h1,13-18H,6-11H2,2H3. The van der Waals surface area contributed by atoms with Crippen LogP contribution in [0.15, 0.2) is 0 Å². The van der Waals surface area contributed by atoms with Crippen molar-refractivity contribution in [3.63, 3.8) is 0 Å². The lowest BCUT2D eigenvalue weighted by Gasteiger charge is -2.73.